The van der Waals surface area contributed by atoms with Crippen LogP contribution in [-0.2, 0) is 22.7 Å². The number of urea groups is 1. The average Bonchev–Trinajstić information content (AvgIpc) is 3.10. The van der Waals surface area contributed by atoms with Gasteiger partial charge in [-0.1, -0.05) is 36.4 Å². The zero-order valence-corrected chi connectivity index (χ0v) is 13.4. The predicted molar refractivity (Wildman–Crippen MR) is 90.7 cm³/mol. The van der Waals surface area contributed by atoms with Crippen molar-refractivity contribution in [1.82, 2.24) is 4.90 Å². The van der Waals surface area contributed by atoms with Crippen LogP contribution in [0.25, 0.3) is 0 Å². The number of anilines is 1. The molecule has 4 rings (SSSR count). The van der Waals surface area contributed by atoms with Crippen LogP contribution in [0.1, 0.15) is 22.7 Å². The van der Waals surface area contributed by atoms with Gasteiger partial charge in [-0.15, -0.1) is 0 Å². The van der Waals surface area contributed by atoms with Crippen molar-refractivity contribution in [2.75, 3.05) is 25.1 Å². The van der Waals surface area contributed by atoms with Gasteiger partial charge in [0.15, 0.2) is 0 Å². The molecule has 24 heavy (non-hydrogen) atoms. The lowest BCUT2D eigenvalue weighted by atomic mass is 10.1. The van der Waals surface area contributed by atoms with E-state index < -0.39 is 0 Å². The lowest BCUT2D eigenvalue weighted by molar-refractivity contribution is 0.0148. The summed E-state index contributed by atoms with van der Waals surface area (Å²) in [7, 11) is 0. The highest BCUT2D eigenvalue weighted by atomic mass is 16.5. The predicted octanol–water partition coefficient (Wildman–Crippen LogP) is 3.32. The number of amides is 2. The monoisotopic (exact) mass is 324 g/mol. The highest BCUT2D eigenvalue weighted by Crippen LogP contribution is 2.26. The molecule has 5 heteroatoms. The van der Waals surface area contributed by atoms with Crippen LogP contribution < -0.4 is 5.32 Å². The van der Waals surface area contributed by atoms with E-state index in [0.29, 0.717) is 33.0 Å². The SMILES string of the molecule is O=C(Nc1ccc2c(c1)COC2)N1CCOC[C@@H]1c1ccccc1. The van der Waals surface area contributed by atoms with Crippen LogP contribution in [0.4, 0.5) is 10.5 Å². The molecule has 1 N–H and O–H groups in total. The Morgan fingerprint density at radius 3 is 2.75 bits per heavy atom. The number of hydrogen-bond donors (Lipinski definition) is 1. The molecule has 1 fully saturated rings. The molecule has 0 saturated carbocycles. The van der Waals surface area contributed by atoms with E-state index in [1.807, 2.05) is 53.4 Å². The van der Waals surface area contributed by atoms with Crippen LogP contribution in [0.15, 0.2) is 48.5 Å². The van der Waals surface area contributed by atoms with E-state index >= 15 is 0 Å². The summed E-state index contributed by atoms with van der Waals surface area (Å²) in [6.45, 7) is 2.94. The summed E-state index contributed by atoms with van der Waals surface area (Å²) in [5, 5.41) is 3.02. The van der Waals surface area contributed by atoms with Crippen molar-refractivity contribution in [3.8, 4) is 0 Å². The van der Waals surface area contributed by atoms with Gasteiger partial charge in [0.05, 0.1) is 32.5 Å². The summed E-state index contributed by atoms with van der Waals surface area (Å²) in [4.78, 5) is 14.6. The maximum absolute atomic E-state index is 12.8. The Bertz CT molecular complexity index is 733. The summed E-state index contributed by atoms with van der Waals surface area (Å²) in [6.07, 6.45) is 0. The highest BCUT2D eigenvalue weighted by Gasteiger charge is 2.28. The molecule has 0 unspecified atom stereocenters. The molecule has 0 aromatic heterocycles. The zero-order valence-electron chi connectivity index (χ0n) is 13.4. The van der Waals surface area contributed by atoms with E-state index in [1.54, 1.807) is 0 Å². The van der Waals surface area contributed by atoms with Gasteiger partial charge in [-0.05, 0) is 28.8 Å². The number of nitrogens with one attached hydrogen (secondary N) is 1. The minimum absolute atomic E-state index is 0.0577. The Hall–Kier alpha value is -2.37. The molecule has 2 aliphatic heterocycles. The normalized spacial score (nSPS) is 19.8. The standard InChI is InChI=1S/C19H20N2O3/c22-19(20-17-7-6-15-11-24-12-16(15)10-17)21-8-9-23-13-18(21)14-4-2-1-3-5-14/h1-7,10,18H,8-9,11-13H2,(H,20,22)/t18-/m1/s1. The van der Waals surface area contributed by atoms with E-state index in [0.717, 1.165) is 16.8 Å². The number of carbonyl (C=O) groups excluding carboxylic acids is 1. The third-order valence-corrected chi connectivity index (χ3v) is 4.55. The number of nitrogens with zero attached hydrogens (tertiary/aromatic N) is 1. The van der Waals surface area contributed by atoms with E-state index in [9.17, 15) is 4.79 Å². The fourth-order valence-electron chi connectivity index (χ4n) is 3.24. The summed E-state index contributed by atoms with van der Waals surface area (Å²) in [5.74, 6) is 0. The molecule has 124 valence electrons. The minimum Gasteiger partial charge on any atom is -0.377 e. The van der Waals surface area contributed by atoms with E-state index in [4.69, 9.17) is 9.47 Å². The van der Waals surface area contributed by atoms with Gasteiger partial charge in [0.1, 0.15) is 0 Å². The minimum atomic E-state index is -0.0916. The number of morpholine rings is 1. The van der Waals surface area contributed by atoms with Gasteiger partial charge < -0.3 is 19.7 Å². The quantitative estimate of drug-likeness (QED) is 0.922. The molecule has 0 aliphatic carbocycles. The van der Waals surface area contributed by atoms with Crippen molar-refractivity contribution in [2.24, 2.45) is 0 Å². The Labute approximate surface area is 141 Å². The fraction of sp³-hybridized carbons (Fsp3) is 0.316. The molecular weight excluding hydrogens is 304 g/mol. The molecule has 0 bridgehead atoms. The first-order valence-electron chi connectivity index (χ1n) is 8.21. The molecule has 5 nitrogen and oxygen atoms in total. The van der Waals surface area contributed by atoms with Crippen molar-refractivity contribution in [1.29, 1.82) is 0 Å². The summed E-state index contributed by atoms with van der Waals surface area (Å²) in [6, 6.07) is 15.8. The third kappa shape index (κ3) is 3.00. The molecular formula is C19H20N2O3. The van der Waals surface area contributed by atoms with E-state index in [2.05, 4.69) is 5.32 Å². The first-order valence-corrected chi connectivity index (χ1v) is 8.21. The van der Waals surface area contributed by atoms with E-state index in [-0.39, 0.29) is 12.1 Å². The molecule has 2 aliphatic rings. The highest BCUT2D eigenvalue weighted by molar-refractivity contribution is 5.90. The Morgan fingerprint density at radius 1 is 1.04 bits per heavy atom. The van der Waals surface area contributed by atoms with Gasteiger partial charge in [-0.25, -0.2) is 4.79 Å². The summed E-state index contributed by atoms with van der Waals surface area (Å²) >= 11 is 0. The first kappa shape index (κ1) is 15.2. The van der Waals surface area contributed by atoms with Crippen LogP contribution in [-0.4, -0.2) is 30.7 Å². The second kappa shape index (κ2) is 6.63. The summed E-state index contributed by atoms with van der Waals surface area (Å²) < 4.78 is 11.0. The first-order chi connectivity index (χ1) is 11.8. The molecule has 1 saturated heterocycles. The number of hydrogen-bond acceptors (Lipinski definition) is 3. The maximum Gasteiger partial charge on any atom is 0.322 e. The van der Waals surface area contributed by atoms with Crippen molar-refractivity contribution in [3.63, 3.8) is 0 Å². The number of rotatable bonds is 2. The van der Waals surface area contributed by atoms with Gasteiger partial charge in [-0.3, -0.25) is 0 Å². The number of ether oxygens (including phenoxy) is 2. The summed E-state index contributed by atoms with van der Waals surface area (Å²) in [5.41, 5.74) is 4.24. The smallest absolute Gasteiger partial charge is 0.322 e. The van der Waals surface area contributed by atoms with Crippen LogP contribution >= 0.6 is 0 Å². The largest absolute Gasteiger partial charge is 0.377 e. The number of fused-ring (bicyclic) bond motifs is 1. The Morgan fingerprint density at radius 2 is 1.88 bits per heavy atom. The molecule has 2 aromatic rings. The molecule has 1 atom stereocenters. The van der Waals surface area contributed by atoms with Gasteiger partial charge in [0, 0.05) is 12.2 Å². The number of carbonyl (C=O) groups is 1. The molecule has 2 amide bonds. The van der Waals surface area contributed by atoms with Crippen molar-refractivity contribution in [2.45, 2.75) is 19.3 Å². The molecule has 0 radical (unpaired) electrons. The molecule has 0 spiro atoms. The van der Waals surface area contributed by atoms with Gasteiger partial charge in [0.25, 0.3) is 0 Å². The third-order valence-electron chi connectivity index (χ3n) is 4.55. The van der Waals surface area contributed by atoms with Gasteiger partial charge in [0.2, 0.25) is 0 Å². The Kier molecular flexibility index (Phi) is 4.19. The van der Waals surface area contributed by atoms with Gasteiger partial charge >= 0.3 is 6.03 Å². The van der Waals surface area contributed by atoms with Crippen LogP contribution in [0.5, 0.6) is 0 Å². The van der Waals surface area contributed by atoms with Crippen molar-refractivity contribution in [3.05, 3.63) is 65.2 Å². The average molecular weight is 324 g/mol. The lowest BCUT2D eigenvalue weighted by Gasteiger charge is -2.35. The zero-order chi connectivity index (χ0) is 16.4. The second-order valence-electron chi connectivity index (χ2n) is 6.10. The Balaban J connectivity index is 1.51. The maximum atomic E-state index is 12.8. The van der Waals surface area contributed by atoms with Crippen LogP contribution in [0.3, 0.4) is 0 Å². The molecule has 2 heterocycles. The lowest BCUT2D eigenvalue weighted by Crippen LogP contribution is -2.45. The van der Waals surface area contributed by atoms with Crippen molar-refractivity contribution >= 4 is 11.7 Å². The fourth-order valence-corrected chi connectivity index (χ4v) is 3.24. The van der Waals surface area contributed by atoms with Crippen molar-refractivity contribution < 1.29 is 14.3 Å². The second-order valence-corrected chi connectivity index (χ2v) is 6.10. The van der Waals surface area contributed by atoms with Crippen LogP contribution in [0, 0.1) is 0 Å². The number of benzene rings is 2. The molecule has 2 aromatic carbocycles. The topological polar surface area (TPSA) is 50.8 Å². The van der Waals surface area contributed by atoms with E-state index in [1.165, 1.54) is 5.56 Å². The van der Waals surface area contributed by atoms with Crippen LogP contribution in [0.2, 0.25) is 0 Å². The van der Waals surface area contributed by atoms with Gasteiger partial charge in [-0.2, -0.15) is 0 Å².